The molecule has 0 heterocycles. The van der Waals surface area contributed by atoms with Gasteiger partial charge in [-0.2, -0.15) is 0 Å². The van der Waals surface area contributed by atoms with E-state index in [1.807, 2.05) is 13.0 Å². The smallest absolute Gasteiger partial charge is 0.237 e. The number of hydrogen-bond acceptors (Lipinski definition) is 3. The van der Waals surface area contributed by atoms with Crippen LogP contribution < -0.4 is 4.72 Å². The van der Waals surface area contributed by atoms with Crippen molar-refractivity contribution in [3.8, 4) is 5.75 Å². The molecule has 5 heteroatoms. The highest BCUT2D eigenvalue weighted by Crippen LogP contribution is 2.25. The molecule has 0 spiro atoms. The third kappa shape index (κ3) is 3.72. The number of sulfonamides is 1. The molecule has 0 fully saturated rings. The highest BCUT2D eigenvalue weighted by Gasteiger charge is 2.13. The van der Waals surface area contributed by atoms with Crippen LogP contribution in [0.25, 0.3) is 0 Å². The van der Waals surface area contributed by atoms with Crippen molar-refractivity contribution < 1.29 is 13.5 Å². The molecule has 4 nitrogen and oxygen atoms in total. The Balaban J connectivity index is 2.17. The van der Waals surface area contributed by atoms with E-state index in [4.69, 9.17) is 0 Å². The largest absolute Gasteiger partial charge is 0.506 e. The summed E-state index contributed by atoms with van der Waals surface area (Å²) in [6.07, 6.45) is 0. The fraction of sp³-hybridized carbons (Fsp3) is 0.143. The Labute approximate surface area is 112 Å². The first-order valence-electron chi connectivity index (χ1n) is 5.80. The highest BCUT2D eigenvalue weighted by molar-refractivity contribution is 7.91. The number of benzene rings is 2. The maximum atomic E-state index is 12.0. The molecule has 2 rings (SSSR count). The van der Waals surface area contributed by atoms with Gasteiger partial charge < -0.3 is 5.11 Å². The average molecular weight is 277 g/mol. The minimum atomic E-state index is -3.53. The summed E-state index contributed by atoms with van der Waals surface area (Å²) < 4.78 is 26.4. The van der Waals surface area contributed by atoms with Crippen LogP contribution in [-0.4, -0.2) is 13.5 Å². The summed E-state index contributed by atoms with van der Waals surface area (Å²) in [5.41, 5.74) is 1.76. The van der Waals surface area contributed by atoms with Gasteiger partial charge in [-0.25, -0.2) is 8.42 Å². The van der Waals surface area contributed by atoms with Gasteiger partial charge in [0.05, 0.1) is 11.4 Å². The van der Waals surface area contributed by atoms with E-state index < -0.39 is 10.0 Å². The number of nitrogens with one attached hydrogen (secondary N) is 1. The van der Waals surface area contributed by atoms with E-state index in [-0.39, 0.29) is 17.2 Å². The molecule has 0 aliphatic heterocycles. The van der Waals surface area contributed by atoms with Crippen molar-refractivity contribution in [1.29, 1.82) is 0 Å². The lowest BCUT2D eigenvalue weighted by molar-refractivity contribution is 0.477. The van der Waals surface area contributed by atoms with E-state index in [1.54, 1.807) is 36.4 Å². The molecule has 2 N–H and O–H groups in total. The third-order valence-electron chi connectivity index (χ3n) is 2.62. The van der Waals surface area contributed by atoms with E-state index >= 15 is 0 Å². The van der Waals surface area contributed by atoms with Crippen LogP contribution in [0.5, 0.6) is 5.75 Å². The molecular formula is C14H15NO3S. The Morgan fingerprint density at radius 1 is 1.11 bits per heavy atom. The zero-order valence-corrected chi connectivity index (χ0v) is 11.3. The number of phenols is 1. The van der Waals surface area contributed by atoms with Gasteiger partial charge in [0.2, 0.25) is 10.0 Å². The molecule has 19 heavy (non-hydrogen) atoms. The number of hydrogen-bond donors (Lipinski definition) is 2. The lowest BCUT2D eigenvalue weighted by atomic mass is 10.2. The molecule has 100 valence electrons. The van der Waals surface area contributed by atoms with Crippen molar-refractivity contribution >= 4 is 15.7 Å². The van der Waals surface area contributed by atoms with Crippen molar-refractivity contribution in [3.05, 3.63) is 59.7 Å². The predicted octanol–water partition coefficient (Wildman–Crippen LogP) is 2.64. The second-order valence-electron chi connectivity index (χ2n) is 4.37. The van der Waals surface area contributed by atoms with Gasteiger partial charge in [0, 0.05) is 0 Å². The lowest BCUT2D eigenvalue weighted by Gasteiger charge is -2.10. The van der Waals surface area contributed by atoms with Crippen molar-refractivity contribution in [2.24, 2.45) is 0 Å². The van der Waals surface area contributed by atoms with Crippen LogP contribution in [0, 0.1) is 6.92 Å². The minimum Gasteiger partial charge on any atom is -0.506 e. The first-order chi connectivity index (χ1) is 8.96. The van der Waals surface area contributed by atoms with Crippen LogP contribution in [-0.2, 0) is 15.8 Å². The Morgan fingerprint density at radius 3 is 2.42 bits per heavy atom. The number of phenolic OH excluding ortho intramolecular Hbond substituents is 1. The van der Waals surface area contributed by atoms with Gasteiger partial charge in [0.1, 0.15) is 5.75 Å². The molecule has 0 aliphatic rings. The summed E-state index contributed by atoms with van der Waals surface area (Å²) in [6, 6.07) is 13.7. The number of aromatic hydroxyl groups is 1. The summed E-state index contributed by atoms with van der Waals surface area (Å²) in [6.45, 7) is 1.82. The van der Waals surface area contributed by atoms with Gasteiger partial charge in [-0.15, -0.1) is 0 Å². The maximum absolute atomic E-state index is 12.0. The summed E-state index contributed by atoms with van der Waals surface area (Å²) in [4.78, 5) is 0. The van der Waals surface area contributed by atoms with Crippen molar-refractivity contribution in [1.82, 2.24) is 0 Å². The SMILES string of the molecule is Cc1ccc(NS(=O)(=O)Cc2ccccc2)c(O)c1. The molecule has 0 atom stereocenters. The molecule has 0 saturated carbocycles. The first kappa shape index (κ1) is 13.4. The fourth-order valence-electron chi connectivity index (χ4n) is 1.73. The van der Waals surface area contributed by atoms with Crippen molar-refractivity contribution in [3.63, 3.8) is 0 Å². The minimum absolute atomic E-state index is 0.0726. The second kappa shape index (κ2) is 5.32. The van der Waals surface area contributed by atoms with Crippen molar-refractivity contribution in [2.75, 3.05) is 4.72 Å². The summed E-state index contributed by atoms with van der Waals surface area (Å²) in [5, 5.41) is 9.69. The van der Waals surface area contributed by atoms with Gasteiger partial charge in [-0.05, 0) is 30.2 Å². The number of rotatable bonds is 4. The van der Waals surface area contributed by atoms with Crippen LogP contribution in [0.2, 0.25) is 0 Å². The Kier molecular flexibility index (Phi) is 3.76. The zero-order valence-electron chi connectivity index (χ0n) is 10.5. The fourth-order valence-corrected chi connectivity index (χ4v) is 2.94. The molecule has 0 aromatic heterocycles. The van der Waals surface area contributed by atoms with Crippen LogP contribution in [0.15, 0.2) is 48.5 Å². The molecule has 0 aliphatic carbocycles. The molecule has 0 bridgehead atoms. The summed E-state index contributed by atoms with van der Waals surface area (Å²) in [7, 11) is -3.53. The lowest BCUT2D eigenvalue weighted by Crippen LogP contribution is -2.15. The van der Waals surface area contributed by atoms with Gasteiger partial charge in [0.25, 0.3) is 0 Å². The van der Waals surface area contributed by atoms with Crippen molar-refractivity contribution in [2.45, 2.75) is 12.7 Å². The summed E-state index contributed by atoms with van der Waals surface area (Å²) >= 11 is 0. The molecule has 2 aromatic rings. The van der Waals surface area contributed by atoms with Gasteiger partial charge in [0.15, 0.2) is 0 Å². The second-order valence-corrected chi connectivity index (χ2v) is 6.09. The van der Waals surface area contributed by atoms with E-state index in [0.29, 0.717) is 5.56 Å². The van der Waals surface area contributed by atoms with Crippen LogP contribution >= 0.6 is 0 Å². The highest BCUT2D eigenvalue weighted by atomic mass is 32.2. The molecule has 0 unspecified atom stereocenters. The Hall–Kier alpha value is -2.01. The first-order valence-corrected chi connectivity index (χ1v) is 7.45. The monoisotopic (exact) mass is 277 g/mol. The molecule has 0 amide bonds. The quantitative estimate of drug-likeness (QED) is 0.844. The Bertz CT molecular complexity index is 666. The Morgan fingerprint density at radius 2 is 1.79 bits per heavy atom. The number of anilines is 1. The summed E-state index contributed by atoms with van der Waals surface area (Å²) in [5.74, 6) is -0.196. The standard InChI is InChI=1S/C14H15NO3S/c1-11-7-8-13(14(16)9-11)15-19(17,18)10-12-5-3-2-4-6-12/h2-9,15-16H,10H2,1H3. The van der Waals surface area contributed by atoms with Crippen LogP contribution in [0.3, 0.4) is 0 Å². The van der Waals surface area contributed by atoms with Gasteiger partial charge >= 0.3 is 0 Å². The zero-order chi connectivity index (χ0) is 13.9. The van der Waals surface area contributed by atoms with E-state index in [1.165, 1.54) is 6.07 Å². The molecule has 0 radical (unpaired) electrons. The van der Waals surface area contributed by atoms with Gasteiger partial charge in [-0.3, -0.25) is 4.72 Å². The molecule has 0 saturated heterocycles. The third-order valence-corrected chi connectivity index (χ3v) is 3.86. The van der Waals surface area contributed by atoms with Gasteiger partial charge in [-0.1, -0.05) is 36.4 Å². The van der Waals surface area contributed by atoms with E-state index in [2.05, 4.69) is 4.72 Å². The molecule has 2 aromatic carbocycles. The van der Waals surface area contributed by atoms with E-state index in [9.17, 15) is 13.5 Å². The van der Waals surface area contributed by atoms with E-state index in [0.717, 1.165) is 5.56 Å². The predicted molar refractivity (Wildman–Crippen MR) is 75.5 cm³/mol. The van der Waals surface area contributed by atoms with Crippen LogP contribution in [0.4, 0.5) is 5.69 Å². The number of aryl methyl sites for hydroxylation is 1. The topological polar surface area (TPSA) is 66.4 Å². The molecular weight excluding hydrogens is 262 g/mol. The van der Waals surface area contributed by atoms with Crippen LogP contribution in [0.1, 0.15) is 11.1 Å². The normalized spacial score (nSPS) is 11.2. The average Bonchev–Trinajstić information content (AvgIpc) is 2.33. The maximum Gasteiger partial charge on any atom is 0.237 e.